The summed E-state index contributed by atoms with van der Waals surface area (Å²) in [6.45, 7) is 4.23. The number of fused-ring (bicyclic) bond motifs is 3. The van der Waals surface area contributed by atoms with Crippen molar-refractivity contribution in [3.63, 3.8) is 0 Å². The maximum Gasteiger partial charge on any atom is 0.451 e. The number of rotatable bonds is 4. The second kappa shape index (κ2) is 7.89. The van der Waals surface area contributed by atoms with E-state index in [4.69, 9.17) is 11.6 Å². The van der Waals surface area contributed by atoms with Gasteiger partial charge in [-0.15, -0.1) is 0 Å². The zero-order valence-corrected chi connectivity index (χ0v) is 17.4. The quantitative estimate of drug-likeness (QED) is 0.478. The lowest BCUT2D eigenvalue weighted by Gasteiger charge is -2.37. The van der Waals surface area contributed by atoms with Crippen LogP contribution in [0.1, 0.15) is 55.6 Å². The fraction of sp³-hybridized carbons (Fsp3) is 0.450. The first kappa shape index (κ1) is 21.7. The van der Waals surface area contributed by atoms with Crippen LogP contribution in [0, 0.1) is 5.92 Å². The summed E-state index contributed by atoms with van der Waals surface area (Å²) in [6, 6.07) is 5.02. The number of benzene rings is 1. The summed E-state index contributed by atoms with van der Waals surface area (Å²) in [5.41, 5.74) is 2.67. The molecular weight excluding hydrogens is 441 g/mol. The average molecular weight is 460 g/mol. The summed E-state index contributed by atoms with van der Waals surface area (Å²) < 4.78 is 66.3. The van der Waals surface area contributed by atoms with E-state index in [2.05, 4.69) is 19.9 Å². The number of aromatic amines is 1. The molecule has 1 aliphatic heterocycles. The van der Waals surface area contributed by atoms with Crippen molar-refractivity contribution in [1.82, 2.24) is 19.9 Å². The van der Waals surface area contributed by atoms with Gasteiger partial charge in [-0.25, -0.2) is 13.8 Å². The molecule has 166 valence electrons. The van der Waals surface area contributed by atoms with Crippen molar-refractivity contribution >= 4 is 28.5 Å². The Balaban J connectivity index is 1.85. The van der Waals surface area contributed by atoms with Gasteiger partial charge in [0.1, 0.15) is 0 Å². The van der Waals surface area contributed by atoms with Crippen LogP contribution >= 0.6 is 11.6 Å². The first-order chi connectivity index (χ1) is 14.5. The maximum absolute atomic E-state index is 13.3. The van der Waals surface area contributed by atoms with Crippen molar-refractivity contribution in [3.8, 4) is 0 Å². The lowest BCUT2D eigenvalue weighted by atomic mass is 9.92. The first-order valence-electron chi connectivity index (χ1n) is 9.72. The number of halogens is 6. The van der Waals surface area contributed by atoms with Crippen molar-refractivity contribution < 1.29 is 22.0 Å². The highest BCUT2D eigenvalue weighted by molar-refractivity contribution is 6.31. The summed E-state index contributed by atoms with van der Waals surface area (Å²) in [6.07, 6.45) is -7.18. The van der Waals surface area contributed by atoms with Gasteiger partial charge in [0.05, 0.1) is 6.04 Å². The van der Waals surface area contributed by atoms with Gasteiger partial charge in [-0.1, -0.05) is 25.4 Å². The number of nitrogens with one attached hydrogen (secondary N) is 1. The summed E-state index contributed by atoms with van der Waals surface area (Å²) in [7, 11) is 0. The number of nitrogens with zero attached hydrogens (tertiary/aromatic N) is 4. The van der Waals surface area contributed by atoms with E-state index in [-0.39, 0.29) is 12.5 Å². The molecule has 3 heterocycles. The third-order valence-corrected chi connectivity index (χ3v) is 5.49. The van der Waals surface area contributed by atoms with Crippen LogP contribution in [-0.4, -0.2) is 26.5 Å². The highest BCUT2D eigenvalue weighted by Gasteiger charge is 2.39. The summed E-state index contributed by atoms with van der Waals surface area (Å²) in [4.78, 5) is 15.0. The predicted octanol–water partition coefficient (Wildman–Crippen LogP) is 6.11. The molecule has 1 aromatic carbocycles. The Morgan fingerprint density at radius 2 is 1.94 bits per heavy atom. The molecule has 11 heteroatoms. The van der Waals surface area contributed by atoms with E-state index < -0.39 is 36.2 Å². The number of H-pyrrole nitrogens is 1. The van der Waals surface area contributed by atoms with E-state index in [1.807, 2.05) is 26.0 Å². The summed E-state index contributed by atoms with van der Waals surface area (Å²) in [5, 5.41) is 1.52. The molecule has 1 aliphatic rings. The van der Waals surface area contributed by atoms with Crippen LogP contribution in [0.3, 0.4) is 0 Å². The number of hydrogen-bond donors (Lipinski definition) is 1. The van der Waals surface area contributed by atoms with Gasteiger partial charge in [0, 0.05) is 28.2 Å². The monoisotopic (exact) mass is 459 g/mol. The molecule has 0 spiro atoms. The van der Waals surface area contributed by atoms with E-state index in [0.29, 0.717) is 17.9 Å². The van der Waals surface area contributed by atoms with Gasteiger partial charge in [0.25, 0.3) is 6.43 Å². The van der Waals surface area contributed by atoms with Crippen LogP contribution in [0.2, 0.25) is 5.02 Å². The Bertz CT molecular complexity index is 1110. The van der Waals surface area contributed by atoms with Crippen LogP contribution in [0.25, 0.3) is 10.9 Å². The van der Waals surface area contributed by atoms with Crippen LogP contribution in [0.4, 0.5) is 27.9 Å². The Morgan fingerprint density at radius 1 is 1.19 bits per heavy atom. The predicted molar refractivity (Wildman–Crippen MR) is 106 cm³/mol. The highest BCUT2D eigenvalue weighted by Crippen LogP contribution is 2.40. The van der Waals surface area contributed by atoms with E-state index in [9.17, 15) is 22.0 Å². The van der Waals surface area contributed by atoms with Gasteiger partial charge in [-0.2, -0.15) is 23.1 Å². The molecule has 0 saturated heterocycles. The third kappa shape index (κ3) is 4.17. The lowest BCUT2D eigenvalue weighted by Crippen LogP contribution is -2.38. The number of alkyl halides is 5. The molecule has 1 atom stereocenters. The fourth-order valence-corrected chi connectivity index (χ4v) is 4.18. The number of hydrogen-bond acceptors (Lipinski definition) is 4. The Hall–Kier alpha value is -2.49. The standard InChI is InChI=1S/C20H19ClF5N5/c1-9(2)7-14-15-11(12-8-10(21)3-4-13(12)27-15)5-6-31(14)19-29-17(16(22)23)28-18(30-19)20(24,25)26/h3-4,8-9,14,16,27H,5-7H2,1-2H3/t14-/m0/s1. The zero-order valence-electron chi connectivity index (χ0n) is 16.6. The SMILES string of the molecule is CC(C)C[C@H]1c2[nH]c3ccc(Cl)cc3c2CCN1c1nc(C(F)F)nc(C(F)(F)F)n1. The molecule has 0 radical (unpaired) electrons. The Morgan fingerprint density at radius 3 is 2.58 bits per heavy atom. The van der Waals surface area contributed by atoms with Crippen molar-refractivity contribution in [3.05, 3.63) is 46.1 Å². The zero-order chi connectivity index (χ0) is 22.5. The van der Waals surface area contributed by atoms with E-state index >= 15 is 0 Å². The molecule has 3 aromatic rings. The maximum atomic E-state index is 13.3. The van der Waals surface area contributed by atoms with Crippen molar-refractivity contribution in [2.24, 2.45) is 5.92 Å². The summed E-state index contributed by atoms with van der Waals surface area (Å²) >= 11 is 6.14. The minimum absolute atomic E-state index is 0.173. The molecule has 0 fully saturated rings. The molecule has 31 heavy (non-hydrogen) atoms. The summed E-state index contributed by atoms with van der Waals surface area (Å²) in [5.74, 6) is -3.03. The topological polar surface area (TPSA) is 57.7 Å². The molecule has 0 unspecified atom stereocenters. The molecule has 0 aliphatic carbocycles. The molecule has 4 rings (SSSR count). The first-order valence-corrected chi connectivity index (χ1v) is 10.1. The normalized spacial score (nSPS) is 17.1. The van der Waals surface area contributed by atoms with Crippen molar-refractivity contribution in [2.75, 3.05) is 11.4 Å². The van der Waals surface area contributed by atoms with E-state index in [1.165, 1.54) is 0 Å². The van der Waals surface area contributed by atoms with E-state index in [1.54, 1.807) is 11.0 Å². The largest absolute Gasteiger partial charge is 0.451 e. The molecule has 1 N–H and O–H groups in total. The van der Waals surface area contributed by atoms with Gasteiger partial charge >= 0.3 is 6.18 Å². The van der Waals surface area contributed by atoms with Crippen LogP contribution in [0.15, 0.2) is 18.2 Å². The van der Waals surface area contributed by atoms with Crippen LogP contribution < -0.4 is 4.90 Å². The average Bonchev–Trinajstić information content (AvgIpc) is 3.05. The molecule has 2 aromatic heterocycles. The highest BCUT2D eigenvalue weighted by atomic mass is 35.5. The minimum Gasteiger partial charge on any atom is -0.356 e. The van der Waals surface area contributed by atoms with Gasteiger partial charge < -0.3 is 9.88 Å². The molecule has 0 amide bonds. The number of aromatic nitrogens is 4. The van der Waals surface area contributed by atoms with Gasteiger partial charge in [-0.05, 0) is 42.5 Å². The molecule has 5 nitrogen and oxygen atoms in total. The van der Waals surface area contributed by atoms with Gasteiger partial charge in [-0.3, -0.25) is 0 Å². The molecular formula is C20H19ClF5N5. The second-order valence-electron chi connectivity index (χ2n) is 7.91. The second-order valence-corrected chi connectivity index (χ2v) is 8.35. The molecule has 0 bridgehead atoms. The Kier molecular flexibility index (Phi) is 5.53. The molecule has 0 saturated carbocycles. The lowest BCUT2D eigenvalue weighted by molar-refractivity contribution is -0.145. The van der Waals surface area contributed by atoms with Crippen molar-refractivity contribution in [2.45, 2.75) is 45.3 Å². The van der Waals surface area contributed by atoms with Crippen molar-refractivity contribution in [1.29, 1.82) is 0 Å². The van der Waals surface area contributed by atoms with Gasteiger partial charge in [0.2, 0.25) is 17.6 Å². The Labute approximate surface area is 179 Å². The van der Waals surface area contributed by atoms with Crippen LogP contribution in [0.5, 0.6) is 0 Å². The fourth-order valence-electron chi connectivity index (χ4n) is 4.00. The van der Waals surface area contributed by atoms with Gasteiger partial charge in [0.15, 0.2) is 0 Å². The minimum atomic E-state index is -4.96. The smallest absolute Gasteiger partial charge is 0.356 e. The van der Waals surface area contributed by atoms with Crippen LogP contribution in [-0.2, 0) is 12.6 Å². The third-order valence-electron chi connectivity index (χ3n) is 5.25. The number of anilines is 1. The van der Waals surface area contributed by atoms with E-state index in [0.717, 1.165) is 22.2 Å².